The van der Waals surface area contributed by atoms with Crippen LogP contribution in [0.1, 0.15) is 24.5 Å². The Bertz CT molecular complexity index is 1130. The van der Waals surface area contributed by atoms with Crippen molar-refractivity contribution in [1.82, 2.24) is 15.0 Å². The van der Waals surface area contributed by atoms with Crippen LogP contribution in [-0.4, -0.2) is 21.6 Å². The van der Waals surface area contributed by atoms with Crippen molar-refractivity contribution in [2.24, 2.45) is 0 Å². The smallest absolute Gasteiger partial charge is 0.328 e. The van der Waals surface area contributed by atoms with Crippen LogP contribution in [0.15, 0.2) is 46.9 Å². The molecule has 0 fully saturated rings. The standard InChI is InChI=1S/C22H20N3O4/c1-4-10-27-20-17-21(25-22(24-20)28-16-8-6-5-7-9-16)29-19(23-17)15-11-13(2)18(26)14(3)12-15/h5-9,11-12H,4,10H2,1-3H3. The van der Waals surface area contributed by atoms with Crippen molar-refractivity contribution < 1.29 is 19.0 Å². The minimum atomic E-state index is 0.00942. The number of fused-ring (bicyclic) bond motifs is 1. The molecule has 0 spiro atoms. The van der Waals surface area contributed by atoms with Gasteiger partial charge in [-0.1, -0.05) is 25.1 Å². The van der Waals surface area contributed by atoms with Crippen LogP contribution in [0.25, 0.3) is 22.7 Å². The van der Waals surface area contributed by atoms with Gasteiger partial charge in [0.1, 0.15) is 5.75 Å². The van der Waals surface area contributed by atoms with Crippen LogP contribution in [0.5, 0.6) is 23.4 Å². The highest BCUT2D eigenvalue weighted by Crippen LogP contribution is 2.33. The van der Waals surface area contributed by atoms with E-state index in [2.05, 4.69) is 15.0 Å². The van der Waals surface area contributed by atoms with Crippen molar-refractivity contribution in [3.05, 3.63) is 53.6 Å². The van der Waals surface area contributed by atoms with E-state index in [0.717, 1.165) is 6.42 Å². The van der Waals surface area contributed by atoms with E-state index in [0.29, 0.717) is 46.3 Å². The zero-order chi connectivity index (χ0) is 20.4. The van der Waals surface area contributed by atoms with Gasteiger partial charge in [0.15, 0.2) is 11.3 Å². The molecule has 147 valence electrons. The lowest BCUT2D eigenvalue weighted by Crippen LogP contribution is -2.01. The Morgan fingerprint density at radius 2 is 1.72 bits per heavy atom. The number of aromatic nitrogens is 3. The van der Waals surface area contributed by atoms with Gasteiger partial charge in [-0.05, 0) is 55.7 Å². The first kappa shape index (κ1) is 18.7. The van der Waals surface area contributed by atoms with Gasteiger partial charge >= 0.3 is 6.01 Å². The van der Waals surface area contributed by atoms with E-state index >= 15 is 0 Å². The second kappa shape index (κ2) is 7.79. The summed E-state index contributed by atoms with van der Waals surface area (Å²) in [6.45, 7) is 6.01. The van der Waals surface area contributed by atoms with Gasteiger partial charge in [0.05, 0.1) is 6.61 Å². The van der Waals surface area contributed by atoms with Crippen LogP contribution in [0, 0.1) is 13.8 Å². The number of oxazole rings is 1. The largest absolute Gasteiger partial charge is 0.476 e. The molecule has 0 atom stereocenters. The summed E-state index contributed by atoms with van der Waals surface area (Å²) in [5.41, 5.74) is 2.63. The molecule has 1 radical (unpaired) electrons. The summed E-state index contributed by atoms with van der Waals surface area (Å²) in [5, 5.41) is 12.0. The summed E-state index contributed by atoms with van der Waals surface area (Å²) in [5.74, 6) is 1.26. The van der Waals surface area contributed by atoms with Crippen molar-refractivity contribution >= 4 is 11.2 Å². The van der Waals surface area contributed by atoms with Gasteiger partial charge in [0.2, 0.25) is 5.89 Å². The normalized spacial score (nSPS) is 11.0. The van der Waals surface area contributed by atoms with Crippen LogP contribution in [0.3, 0.4) is 0 Å². The summed E-state index contributed by atoms with van der Waals surface area (Å²) in [4.78, 5) is 13.2. The van der Waals surface area contributed by atoms with Crippen molar-refractivity contribution in [3.63, 3.8) is 0 Å². The van der Waals surface area contributed by atoms with Crippen LogP contribution < -0.4 is 9.47 Å². The van der Waals surface area contributed by atoms with E-state index in [9.17, 15) is 5.11 Å². The van der Waals surface area contributed by atoms with Gasteiger partial charge in [-0.25, -0.2) is 4.98 Å². The molecule has 2 aromatic heterocycles. The maximum Gasteiger partial charge on any atom is 0.328 e. The predicted molar refractivity (Wildman–Crippen MR) is 107 cm³/mol. The van der Waals surface area contributed by atoms with Crippen LogP contribution >= 0.6 is 0 Å². The number of ether oxygens (including phenoxy) is 2. The van der Waals surface area contributed by atoms with E-state index in [1.165, 1.54) is 0 Å². The Balaban J connectivity index is 1.79. The Labute approximate surface area is 168 Å². The monoisotopic (exact) mass is 390 g/mol. The molecule has 29 heavy (non-hydrogen) atoms. The second-order valence-electron chi connectivity index (χ2n) is 6.69. The highest BCUT2D eigenvalue weighted by Gasteiger charge is 2.19. The average Bonchev–Trinajstić information content (AvgIpc) is 3.15. The molecule has 0 amide bonds. The summed E-state index contributed by atoms with van der Waals surface area (Å²) < 4.78 is 17.4. The molecular weight excluding hydrogens is 370 g/mol. The minimum Gasteiger partial charge on any atom is -0.476 e. The molecule has 0 aliphatic carbocycles. The fourth-order valence-corrected chi connectivity index (χ4v) is 2.92. The Hall–Kier alpha value is -3.61. The van der Waals surface area contributed by atoms with E-state index < -0.39 is 0 Å². The summed E-state index contributed by atoms with van der Waals surface area (Å²) in [6, 6.07) is 12.8. The van der Waals surface area contributed by atoms with E-state index in [4.69, 9.17) is 13.9 Å². The highest BCUT2D eigenvalue weighted by atomic mass is 16.5. The third-order valence-electron chi connectivity index (χ3n) is 4.31. The summed E-state index contributed by atoms with van der Waals surface area (Å²) >= 11 is 0. The highest BCUT2D eigenvalue weighted by molar-refractivity contribution is 5.78. The Morgan fingerprint density at radius 3 is 2.41 bits per heavy atom. The molecule has 0 unspecified atom stereocenters. The van der Waals surface area contributed by atoms with Gasteiger partial charge in [0.25, 0.3) is 11.6 Å². The Kier molecular flexibility index (Phi) is 5.03. The van der Waals surface area contributed by atoms with Crippen LogP contribution in [0.4, 0.5) is 0 Å². The predicted octanol–water partition coefficient (Wildman–Crippen LogP) is 5.63. The molecule has 0 saturated heterocycles. The molecule has 4 aromatic rings. The fourth-order valence-electron chi connectivity index (χ4n) is 2.92. The SMILES string of the molecule is CCCOc1nc(Oc2ccccc2)nc2oc(-c3cc(C)c([O])c(C)c3)nc12. The second-order valence-corrected chi connectivity index (χ2v) is 6.69. The maximum atomic E-state index is 12.0. The lowest BCUT2D eigenvalue weighted by atomic mass is 10.1. The van der Waals surface area contributed by atoms with Crippen LogP contribution in [-0.2, 0) is 5.11 Å². The zero-order valence-electron chi connectivity index (χ0n) is 16.4. The molecule has 0 aliphatic rings. The number of aryl methyl sites for hydroxylation is 2. The molecule has 0 saturated carbocycles. The molecule has 2 aromatic carbocycles. The summed E-state index contributed by atoms with van der Waals surface area (Å²) in [6.07, 6.45) is 0.814. The van der Waals surface area contributed by atoms with Gasteiger partial charge < -0.3 is 13.9 Å². The van der Waals surface area contributed by atoms with E-state index in [1.54, 1.807) is 26.0 Å². The number of hydrogen-bond acceptors (Lipinski definition) is 6. The van der Waals surface area contributed by atoms with Crippen molar-refractivity contribution in [1.29, 1.82) is 0 Å². The average molecular weight is 390 g/mol. The van der Waals surface area contributed by atoms with Gasteiger partial charge in [-0.3, -0.25) is 5.11 Å². The van der Waals surface area contributed by atoms with Gasteiger partial charge in [-0.15, -0.1) is 0 Å². The molecule has 4 rings (SSSR count). The number of rotatable bonds is 6. The molecular formula is C22H20N3O4. The van der Waals surface area contributed by atoms with E-state index in [-0.39, 0.29) is 17.5 Å². The quantitative estimate of drug-likeness (QED) is 0.424. The number of hydrogen-bond donors (Lipinski definition) is 0. The first-order valence-corrected chi connectivity index (χ1v) is 9.38. The van der Waals surface area contributed by atoms with Crippen molar-refractivity contribution in [3.8, 4) is 34.8 Å². The first-order valence-electron chi connectivity index (χ1n) is 9.38. The van der Waals surface area contributed by atoms with E-state index in [1.807, 2.05) is 37.3 Å². The third-order valence-corrected chi connectivity index (χ3v) is 4.31. The lowest BCUT2D eigenvalue weighted by molar-refractivity contribution is 0.302. The molecule has 2 heterocycles. The number of para-hydroxylation sites is 1. The lowest BCUT2D eigenvalue weighted by Gasteiger charge is -2.06. The maximum absolute atomic E-state index is 12.0. The molecule has 7 heteroatoms. The van der Waals surface area contributed by atoms with Gasteiger partial charge in [0, 0.05) is 5.56 Å². The topological polar surface area (TPSA) is 90.2 Å². The number of nitrogens with zero attached hydrogens (tertiary/aromatic N) is 3. The molecule has 0 bridgehead atoms. The first-order chi connectivity index (χ1) is 14.0. The van der Waals surface area contributed by atoms with Crippen molar-refractivity contribution in [2.45, 2.75) is 27.2 Å². The molecule has 0 aliphatic heterocycles. The molecule has 7 nitrogen and oxygen atoms in total. The fraction of sp³-hybridized carbons (Fsp3) is 0.227. The van der Waals surface area contributed by atoms with Gasteiger partial charge in [-0.2, -0.15) is 9.97 Å². The summed E-state index contributed by atoms with van der Waals surface area (Å²) in [7, 11) is 0. The van der Waals surface area contributed by atoms with Crippen molar-refractivity contribution in [2.75, 3.05) is 6.61 Å². The number of benzene rings is 2. The molecule has 0 N–H and O–H groups in total. The van der Waals surface area contributed by atoms with Crippen LogP contribution in [0.2, 0.25) is 0 Å². The minimum absolute atomic E-state index is 0.00942. The third kappa shape index (κ3) is 3.85. The zero-order valence-corrected chi connectivity index (χ0v) is 16.4. The Morgan fingerprint density at radius 1 is 1.00 bits per heavy atom.